The minimum atomic E-state index is 0.447. The van der Waals surface area contributed by atoms with Crippen molar-refractivity contribution in [3.05, 3.63) is 4.91 Å². The van der Waals surface area contributed by atoms with Gasteiger partial charge in [-0.2, -0.15) is 0 Å². The lowest BCUT2D eigenvalue weighted by Crippen LogP contribution is -2.33. The molecule has 0 aliphatic heterocycles. The molecule has 0 fully saturated rings. The molecular formula is C6H17N5O. The van der Waals surface area contributed by atoms with Crippen LogP contribution < -0.4 is 16.8 Å². The Hall–Kier alpha value is -0.720. The van der Waals surface area contributed by atoms with Crippen molar-refractivity contribution in [2.24, 2.45) is 16.8 Å². The van der Waals surface area contributed by atoms with Crippen molar-refractivity contribution in [1.82, 2.24) is 10.3 Å². The van der Waals surface area contributed by atoms with E-state index in [4.69, 9.17) is 11.5 Å². The highest BCUT2D eigenvalue weighted by molar-refractivity contribution is 4.55. The molecular weight excluding hydrogens is 158 g/mol. The van der Waals surface area contributed by atoms with Gasteiger partial charge in [-0.1, -0.05) is 0 Å². The van der Waals surface area contributed by atoms with Crippen molar-refractivity contribution in [3.63, 3.8) is 0 Å². The van der Waals surface area contributed by atoms with Crippen LogP contribution >= 0.6 is 0 Å². The second-order valence-electron chi connectivity index (χ2n) is 2.36. The van der Waals surface area contributed by atoms with Crippen LogP contribution in [0.25, 0.3) is 0 Å². The van der Waals surface area contributed by atoms with E-state index in [0.717, 1.165) is 6.54 Å². The van der Waals surface area contributed by atoms with Gasteiger partial charge in [0.15, 0.2) is 0 Å². The quantitative estimate of drug-likeness (QED) is 0.236. The van der Waals surface area contributed by atoms with Crippen LogP contribution in [0.3, 0.4) is 0 Å². The van der Waals surface area contributed by atoms with Gasteiger partial charge in [0, 0.05) is 26.2 Å². The summed E-state index contributed by atoms with van der Waals surface area (Å²) in [6.07, 6.45) is 0. The van der Waals surface area contributed by atoms with E-state index in [9.17, 15) is 4.91 Å². The minimum Gasteiger partial charge on any atom is -0.329 e. The zero-order valence-electron chi connectivity index (χ0n) is 7.20. The van der Waals surface area contributed by atoms with E-state index in [-0.39, 0.29) is 0 Å². The molecule has 0 saturated carbocycles. The van der Waals surface area contributed by atoms with Gasteiger partial charge in [-0.25, -0.2) is 0 Å². The van der Waals surface area contributed by atoms with E-state index in [0.29, 0.717) is 32.7 Å². The Balaban J connectivity index is 3.25. The standard InChI is InChI=1S/C6H17N5O/c7-1-3-9-4-6-11(10-12)5-2-8/h9H,1-8H2. The number of hydrogen-bond acceptors (Lipinski definition) is 5. The maximum Gasteiger partial charge on any atom is 0.0524 e. The van der Waals surface area contributed by atoms with Crippen LogP contribution in [0.2, 0.25) is 0 Å². The molecule has 6 nitrogen and oxygen atoms in total. The molecule has 0 saturated heterocycles. The molecule has 0 aromatic heterocycles. The maximum atomic E-state index is 10.1. The molecule has 12 heavy (non-hydrogen) atoms. The van der Waals surface area contributed by atoms with Crippen molar-refractivity contribution in [2.75, 3.05) is 39.3 Å². The average molecular weight is 175 g/mol. The van der Waals surface area contributed by atoms with E-state index in [1.54, 1.807) is 0 Å². The summed E-state index contributed by atoms with van der Waals surface area (Å²) in [5.41, 5.74) is 10.5. The molecule has 0 heterocycles. The highest BCUT2D eigenvalue weighted by atomic mass is 16.3. The normalized spacial score (nSPS) is 9.83. The zero-order chi connectivity index (χ0) is 9.23. The molecule has 0 aromatic rings. The fourth-order valence-electron chi connectivity index (χ4n) is 0.778. The van der Waals surface area contributed by atoms with Gasteiger partial charge >= 0.3 is 0 Å². The monoisotopic (exact) mass is 175 g/mol. The first kappa shape index (κ1) is 11.3. The molecule has 0 aliphatic rings. The van der Waals surface area contributed by atoms with Crippen LogP contribution in [0.1, 0.15) is 0 Å². The molecule has 0 atom stereocenters. The maximum absolute atomic E-state index is 10.1. The third kappa shape index (κ3) is 6.02. The SMILES string of the molecule is NCCNCCN(CCN)N=O. The van der Waals surface area contributed by atoms with Gasteiger partial charge in [0.2, 0.25) is 0 Å². The molecule has 6 heteroatoms. The molecule has 0 rings (SSSR count). The molecule has 0 radical (unpaired) electrons. The first-order chi connectivity index (χ1) is 5.85. The Morgan fingerprint density at radius 3 is 2.42 bits per heavy atom. The predicted octanol–water partition coefficient (Wildman–Crippen LogP) is -1.52. The van der Waals surface area contributed by atoms with Crippen molar-refractivity contribution in [1.29, 1.82) is 0 Å². The molecule has 0 aliphatic carbocycles. The number of nitrogens with one attached hydrogen (secondary N) is 1. The lowest BCUT2D eigenvalue weighted by Gasteiger charge is -2.13. The van der Waals surface area contributed by atoms with E-state index in [1.165, 1.54) is 5.01 Å². The summed E-state index contributed by atoms with van der Waals surface area (Å²) in [4.78, 5) is 10.1. The Bertz CT molecular complexity index is 110. The third-order valence-electron chi connectivity index (χ3n) is 1.37. The second kappa shape index (κ2) is 8.38. The minimum absolute atomic E-state index is 0.447. The fraction of sp³-hybridized carbons (Fsp3) is 1.00. The van der Waals surface area contributed by atoms with E-state index in [1.807, 2.05) is 0 Å². The Labute approximate surface area is 72.2 Å². The van der Waals surface area contributed by atoms with Gasteiger partial charge in [0.25, 0.3) is 0 Å². The van der Waals surface area contributed by atoms with Crippen molar-refractivity contribution >= 4 is 0 Å². The van der Waals surface area contributed by atoms with Gasteiger partial charge in [-0.05, 0) is 0 Å². The van der Waals surface area contributed by atoms with Crippen LogP contribution in [0.15, 0.2) is 5.29 Å². The molecule has 0 aromatic carbocycles. The second-order valence-corrected chi connectivity index (χ2v) is 2.36. The van der Waals surface area contributed by atoms with Crippen molar-refractivity contribution in [2.45, 2.75) is 0 Å². The summed E-state index contributed by atoms with van der Waals surface area (Å²) >= 11 is 0. The summed E-state index contributed by atoms with van der Waals surface area (Å²) in [6, 6.07) is 0. The lowest BCUT2D eigenvalue weighted by atomic mass is 10.5. The van der Waals surface area contributed by atoms with E-state index >= 15 is 0 Å². The van der Waals surface area contributed by atoms with Crippen molar-refractivity contribution < 1.29 is 0 Å². The van der Waals surface area contributed by atoms with Gasteiger partial charge in [-0.3, -0.25) is 5.01 Å². The van der Waals surface area contributed by atoms with Crippen LogP contribution in [-0.4, -0.2) is 44.3 Å². The highest BCUT2D eigenvalue weighted by Crippen LogP contribution is 1.84. The fourth-order valence-corrected chi connectivity index (χ4v) is 0.778. The summed E-state index contributed by atoms with van der Waals surface area (Å²) in [7, 11) is 0. The largest absolute Gasteiger partial charge is 0.329 e. The number of rotatable bonds is 8. The summed E-state index contributed by atoms with van der Waals surface area (Å²) in [5.74, 6) is 0. The topological polar surface area (TPSA) is 96.7 Å². The Morgan fingerprint density at radius 1 is 1.17 bits per heavy atom. The smallest absolute Gasteiger partial charge is 0.0524 e. The average Bonchev–Trinajstić information content (AvgIpc) is 2.10. The van der Waals surface area contributed by atoms with E-state index < -0.39 is 0 Å². The highest BCUT2D eigenvalue weighted by Gasteiger charge is 1.98. The first-order valence-corrected chi connectivity index (χ1v) is 4.04. The lowest BCUT2D eigenvalue weighted by molar-refractivity contribution is 0.291. The summed E-state index contributed by atoms with van der Waals surface area (Å²) < 4.78 is 0. The zero-order valence-corrected chi connectivity index (χ0v) is 7.20. The summed E-state index contributed by atoms with van der Waals surface area (Å²) in [6.45, 7) is 3.61. The van der Waals surface area contributed by atoms with Crippen LogP contribution in [0.4, 0.5) is 0 Å². The van der Waals surface area contributed by atoms with Crippen LogP contribution in [0, 0.1) is 4.91 Å². The van der Waals surface area contributed by atoms with Gasteiger partial charge in [0.1, 0.15) is 0 Å². The van der Waals surface area contributed by atoms with Crippen LogP contribution in [-0.2, 0) is 0 Å². The number of nitrogens with two attached hydrogens (primary N) is 2. The van der Waals surface area contributed by atoms with Gasteiger partial charge < -0.3 is 16.8 Å². The summed E-state index contributed by atoms with van der Waals surface area (Å²) in [5, 5.41) is 7.25. The molecule has 0 unspecified atom stereocenters. The number of hydrogen-bond donors (Lipinski definition) is 3. The van der Waals surface area contributed by atoms with Gasteiger partial charge in [0.05, 0.1) is 18.4 Å². The molecule has 0 bridgehead atoms. The first-order valence-electron chi connectivity index (χ1n) is 4.04. The predicted molar refractivity (Wildman–Crippen MR) is 48.3 cm³/mol. The molecule has 0 spiro atoms. The Morgan fingerprint density at radius 2 is 1.92 bits per heavy atom. The number of nitroso groups, excluding NO2 is 1. The van der Waals surface area contributed by atoms with Crippen molar-refractivity contribution in [3.8, 4) is 0 Å². The molecule has 5 N–H and O–H groups in total. The molecule has 0 amide bonds. The van der Waals surface area contributed by atoms with E-state index in [2.05, 4.69) is 10.6 Å². The molecule has 72 valence electrons. The number of nitrogens with zero attached hydrogens (tertiary/aromatic N) is 2. The van der Waals surface area contributed by atoms with Gasteiger partial charge in [-0.15, -0.1) is 4.91 Å². The van der Waals surface area contributed by atoms with Crippen LogP contribution in [0.5, 0.6) is 0 Å². The third-order valence-corrected chi connectivity index (χ3v) is 1.37. The Kier molecular flexibility index (Phi) is 7.87.